The number of rotatable bonds is 5. The number of methoxy groups -OCH3 is 1. The van der Waals surface area contributed by atoms with Crippen molar-refractivity contribution >= 4 is 11.5 Å². The van der Waals surface area contributed by atoms with E-state index in [-0.39, 0.29) is 23.1 Å². The first kappa shape index (κ1) is 12.9. The SMILES string of the molecule is COCC(C)Nc1ncc(C#N)cc1[N+](=O)[O-]. The summed E-state index contributed by atoms with van der Waals surface area (Å²) in [5.74, 6) is 0.138. The highest BCUT2D eigenvalue weighted by Crippen LogP contribution is 2.23. The molecule has 1 aromatic heterocycles. The van der Waals surface area contributed by atoms with Crippen LogP contribution in [0.15, 0.2) is 12.3 Å². The molecular formula is C10H12N4O3. The van der Waals surface area contributed by atoms with Gasteiger partial charge in [-0.2, -0.15) is 5.26 Å². The predicted octanol–water partition coefficient (Wildman–Crippen LogP) is 1.31. The van der Waals surface area contributed by atoms with E-state index < -0.39 is 4.92 Å². The monoisotopic (exact) mass is 236 g/mol. The third kappa shape index (κ3) is 3.39. The van der Waals surface area contributed by atoms with E-state index in [1.807, 2.05) is 13.0 Å². The molecule has 90 valence electrons. The van der Waals surface area contributed by atoms with Crippen molar-refractivity contribution < 1.29 is 9.66 Å². The second-order valence-electron chi connectivity index (χ2n) is 3.46. The summed E-state index contributed by atoms with van der Waals surface area (Å²) in [7, 11) is 1.54. The van der Waals surface area contributed by atoms with Gasteiger partial charge in [0.15, 0.2) is 0 Å². The molecule has 1 atom stereocenters. The average Bonchev–Trinajstić information content (AvgIpc) is 2.29. The number of nitriles is 1. The maximum atomic E-state index is 10.8. The van der Waals surface area contributed by atoms with Crippen LogP contribution in [0.3, 0.4) is 0 Å². The molecular weight excluding hydrogens is 224 g/mol. The number of ether oxygens (including phenoxy) is 1. The van der Waals surface area contributed by atoms with Crippen molar-refractivity contribution in [2.45, 2.75) is 13.0 Å². The first-order valence-corrected chi connectivity index (χ1v) is 4.88. The molecule has 0 aromatic carbocycles. The molecule has 0 bridgehead atoms. The summed E-state index contributed by atoms with van der Waals surface area (Å²) in [6.07, 6.45) is 1.29. The van der Waals surface area contributed by atoms with Crippen LogP contribution in [0.5, 0.6) is 0 Å². The van der Waals surface area contributed by atoms with E-state index in [0.29, 0.717) is 6.61 Å². The Bertz CT molecular complexity index is 455. The van der Waals surface area contributed by atoms with E-state index in [9.17, 15) is 10.1 Å². The molecule has 1 heterocycles. The van der Waals surface area contributed by atoms with Crippen molar-refractivity contribution in [3.05, 3.63) is 27.9 Å². The molecule has 1 aromatic rings. The van der Waals surface area contributed by atoms with E-state index in [1.165, 1.54) is 12.3 Å². The summed E-state index contributed by atoms with van der Waals surface area (Å²) in [5, 5.41) is 22.3. The van der Waals surface area contributed by atoms with E-state index >= 15 is 0 Å². The molecule has 17 heavy (non-hydrogen) atoms. The highest BCUT2D eigenvalue weighted by atomic mass is 16.6. The maximum absolute atomic E-state index is 10.8. The van der Waals surface area contributed by atoms with Crippen LogP contribution in [-0.2, 0) is 4.74 Å². The van der Waals surface area contributed by atoms with Crippen LogP contribution in [0.2, 0.25) is 0 Å². The quantitative estimate of drug-likeness (QED) is 0.610. The zero-order chi connectivity index (χ0) is 12.8. The molecule has 7 heteroatoms. The predicted molar refractivity (Wildman–Crippen MR) is 60.6 cm³/mol. The van der Waals surface area contributed by atoms with Gasteiger partial charge >= 0.3 is 5.69 Å². The molecule has 1 unspecified atom stereocenters. The van der Waals surface area contributed by atoms with Gasteiger partial charge in [-0.3, -0.25) is 10.1 Å². The molecule has 0 spiro atoms. The minimum absolute atomic E-state index is 0.112. The first-order valence-electron chi connectivity index (χ1n) is 4.88. The number of hydrogen-bond acceptors (Lipinski definition) is 6. The largest absolute Gasteiger partial charge is 0.383 e. The fraction of sp³-hybridized carbons (Fsp3) is 0.400. The van der Waals surface area contributed by atoms with Gasteiger partial charge in [0.25, 0.3) is 0 Å². The average molecular weight is 236 g/mol. The Balaban J connectivity index is 2.99. The minimum atomic E-state index is -0.574. The molecule has 1 rings (SSSR count). The van der Waals surface area contributed by atoms with Crippen LogP contribution in [0, 0.1) is 21.4 Å². The van der Waals surface area contributed by atoms with Gasteiger partial charge in [-0.25, -0.2) is 4.98 Å². The van der Waals surface area contributed by atoms with Crippen molar-refractivity contribution in [1.82, 2.24) is 4.98 Å². The van der Waals surface area contributed by atoms with Gasteiger partial charge in [0.05, 0.1) is 17.1 Å². The van der Waals surface area contributed by atoms with Crippen LogP contribution in [0.1, 0.15) is 12.5 Å². The zero-order valence-corrected chi connectivity index (χ0v) is 9.51. The Kier molecular flexibility index (Phi) is 4.37. The summed E-state index contributed by atoms with van der Waals surface area (Å²) in [6.45, 7) is 2.21. The van der Waals surface area contributed by atoms with Gasteiger partial charge in [-0.05, 0) is 6.92 Å². The summed E-state index contributed by atoms with van der Waals surface area (Å²) < 4.78 is 4.91. The molecule has 0 aliphatic rings. The fourth-order valence-electron chi connectivity index (χ4n) is 1.29. The smallest absolute Gasteiger partial charge is 0.312 e. The van der Waals surface area contributed by atoms with E-state index in [0.717, 1.165) is 0 Å². The van der Waals surface area contributed by atoms with Crippen LogP contribution in [-0.4, -0.2) is 29.7 Å². The number of nitrogens with one attached hydrogen (secondary N) is 1. The Morgan fingerprint density at radius 3 is 3.00 bits per heavy atom. The van der Waals surface area contributed by atoms with Gasteiger partial charge < -0.3 is 10.1 Å². The van der Waals surface area contributed by atoms with Crippen molar-refractivity contribution in [2.24, 2.45) is 0 Å². The van der Waals surface area contributed by atoms with Crippen molar-refractivity contribution in [1.29, 1.82) is 5.26 Å². The molecule has 0 fully saturated rings. The summed E-state index contributed by atoms with van der Waals surface area (Å²) in [5.41, 5.74) is -0.0614. The summed E-state index contributed by atoms with van der Waals surface area (Å²) >= 11 is 0. The van der Waals surface area contributed by atoms with Gasteiger partial charge in [-0.15, -0.1) is 0 Å². The molecule has 0 aliphatic carbocycles. The van der Waals surface area contributed by atoms with Crippen LogP contribution >= 0.6 is 0 Å². The number of hydrogen-bond donors (Lipinski definition) is 1. The number of nitro groups is 1. The third-order valence-corrected chi connectivity index (χ3v) is 1.99. The summed E-state index contributed by atoms with van der Waals surface area (Å²) in [4.78, 5) is 14.1. The van der Waals surface area contributed by atoms with Gasteiger partial charge in [0, 0.05) is 25.4 Å². The van der Waals surface area contributed by atoms with Crippen LogP contribution in [0.25, 0.3) is 0 Å². The molecule has 7 nitrogen and oxygen atoms in total. The number of aromatic nitrogens is 1. The van der Waals surface area contributed by atoms with Gasteiger partial charge in [-0.1, -0.05) is 0 Å². The third-order valence-electron chi connectivity index (χ3n) is 1.99. The highest BCUT2D eigenvalue weighted by molar-refractivity contribution is 5.58. The molecule has 0 aliphatic heterocycles. The number of pyridine rings is 1. The van der Waals surface area contributed by atoms with Crippen molar-refractivity contribution in [3.63, 3.8) is 0 Å². The lowest BCUT2D eigenvalue weighted by Gasteiger charge is -2.13. The Labute approximate surface area is 98.2 Å². The topological polar surface area (TPSA) is 101 Å². The van der Waals surface area contributed by atoms with Crippen LogP contribution < -0.4 is 5.32 Å². The molecule has 0 radical (unpaired) electrons. The van der Waals surface area contributed by atoms with E-state index in [1.54, 1.807) is 7.11 Å². The Hall–Kier alpha value is -2.20. The van der Waals surface area contributed by atoms with Gasteiger partial charge in [0.1, 0.15) is 6.07 Å². The second-order valence-corrected chi connectivity index (χ2v) is 3.46. The molecule has 1 N–H and O–H groups in total. The van der Waals surface area contributed by atoms with Crippen molar-refractivity contribution in [2.75, 3.05) is 19.0 Å². The fourth-order valence-corrected chi connectivity index (χ4v) is 1.29. The maximum Gasteiger partial charge on any atom is 0.312 e. The molecule has 0 saturated heterocycles. The first-order chi connectivity index (χ1) is 8.08. The standard InChI is InChI=1S/C10H12N4O3/c1-7(6-17-2)13-10-9(14(15)16)3-8(4-11)5-12-10/h3,5,7H,6H2,1-2H3,(H,12,13). The molecule has 0 saturated carbocycles. The lowest BCUT2D eigenvalue weighted by molar-refractivity contribution is -0.384. The van der Waals surface area contributed by atoms with E-state index in [2.05, 4.69) is 10.3 Å². The van der Waals surface area contributed by atoms with Gasteiger partial charge in [0.2, 0.25) is 5.82 Å². The normalized spacial score (nSPS) is 11.6. The van der Waals surface area contributed by atoms with E-state index in [4.69, 9.17) is 10.00 Å². The number of anilines is 1. The number of nitrogens with zero attached hydrogens (tertiary/aromatic N) is 3. The second kappa shape index (κ2) is 5.77. The summed E-state index contributed by atoms with van der Waals surface area (Å²) in [6, 6.07) is 2.89. The van der Waals surface area contributed by atoms with Crippen molar-refractivity contribution in [3.8, 4) is 6.07 Å². The highest BCUT2D eigenvalue weighted by Gasteiger charge is 2.17. The van der Waals surface area contributed by atoms with Crippen LogP contribution in [0.4, 0.5) is 11.5 Å². The Morgan fingerprint density at radius 1 is 1.76 bits per heavy atom. The minimum Gasteiger partial charge on any atom is -0.383 e. The zero-order valence-electron chi connectivity index (χ0n) is 9.51. The molecule has 0 amide bonds. The lowest BCUT2D eigenvalue weighted by atomic mass is 10.2. The lowest BCUT2D eigenvalue weighted by Crippen LogP contribution is -2.22. The Morgan fingerprint density at radius 2 is 2.47 bits per heavy atom.